The van der Waals surface area contributed by atoms with Gasteiger partial charge in [0.05, 0.1) is 19.0 Å². The average molecular weight is 335 g/mol. The van der Waals surface area contributed by atoms with Gasteiger partial charge in [-0.15, -0.1) is 0 Å². The lowest BCUT2D eigenvalue weighted by molar-refractivity contribution is 0.411. The molecule has 1 N–H and O–H groups in total. The minimum absolute atomic E-state index is 0.710. The number of hydrogen-bond donors (Lipinski definition) is 1. The molecule has 0 spiro atoms. The molecule has 0 radical (unpaired) electrons. The summed E-state index contributed by atoms with van der Waals surface area (Å²) in [6, 6.07) is 14.8. The van der Waals surface area contributed by atoms with Gasteiger partial charge in [0.25, 0.3) is 0 Å². The summed E-state index contributed by atoms with van der Waals surface area (Å²) in [6.07, 6.45) is 2.97. The van der Waals surface area contributed by atoms with Crippen molar-refractivity contribution >= 4 is 5.95 Å². The maximum Gasteiger partial charge on any atom is 0.203 e. The smallest absolute Gasteiger partial charge is 0.203 e. The van der Waals surface area contributed by atoms with Crippen LogP contribution in [0.1, 0.15) is 23.6 Å². The number of imidazole rings is 1. The first kappa shape index (κ1) is 17.1. The number of aryl methyl sites for hydroxylation is 1. The maximum atomic E-state index is 5.39. The Kier molecular flexibility index (Phi) is 5.08. The van der Waals surface area contributed by atoms with E-state index in [-0.39, 0.29) is 0 Å². The Morgan fingerprint density at radius 3 is 2.56 bits per heavy atom. The highest BCUT2D eigenvalue weighted by Gasteiger charge is 2.10. The molecule has 3 rings (SSSR count). The van der Waals surface area contributed by atoms with Crippen molar-refractivity contribution in [3.05, 3.63) is 65.4 Å². The predicted molar refractivity (Wildman–Crippen MR) is 103 cm³/mol. The van der Waals surface area contributed by atoms with Crippen molar-refractivity contribution in [2.24, 2.45) is 7.05 Å². The van der Waals surface area contributed by atoms with E-state index in [1.165, 1.54) is 16.7 Å². The van der Waals surface area contributed by atoms with Crippen LogP contribution >= 0.6 is 0 Å². The molecule has 4 nitrogen and oxygen atoms in total. The summed E-state index contributed by atoms with van der Waals surface area (Å²) in [5, 5.41) is 3.43. The molecule has 0 aliphatic rings. The van der Waals surface area contributed by atoms with Gasteiger partial charge in [-0.2, -0.15) is 0 Å². The molecule has 0 saturated heterocycles. The fraction of sp³-hybridized carbons (Fsp3) is 0.286. The fourth-order valence-corrected chi connectivity index (χ4v) is 3.00. The number of rotatable bonds is 6. The van der Waals surface area contributed by atoms with Crippen LogP contribution in [0.2, 0.25) is 0 Å². The average Bonchev–Trinajstić information content (AvgIpc) is 3.01. The van der Waals surface area contributed by atoms with Gasteiger partial charge in [-0.1, -0.05) is 43.3 Å². The van der Waals surface area contributed by atoms with E-state index in [4.69, 9.17) is 4.74 Å². The lowest BCUT2D eigenvalue weighted by atomic mass is 10.1. The van der Waals surface area contributed by atoms with E-state index in [1.807, 2.05) is 25.4 Å². The monoisotopic (exact) mass is 335 g/mol. The van der Waals surface area contributed by atoms with Crippen molar-refractivity contribution in [3.8, 4) is 17.0 Å². The fourth-order valence-electron chi connectivity index (χ4n) is 3.00. The molecule has 25 heavy (non-hydrogen) atoms. The second-order valence-corrected chi connectivity index (χ2v) is 6.17. The van der Waals surface area contributed by atoms with Crippen LogP contribution in [0.15, 0.2) is 48.7 Å². The molecule has 0 aliphatic carbocycles. The third kappa shape index (κ3) is 3.53. The zero-order valence-electron chi connectivity index (χ0n) is 15.3. The standard InChI is InChI=1S/C21H25N3O/c1-5-16-9-11-17(12-10-16)19-14-23-21(24(19)3)22-13-18-7-6-8-20(25-4)15(18)2/h6-12,14H,5,13H2,1-4H3,(H,22,23). The van der Waals surface area contributed by atoms with Gasteiger partial charge in [-0.3, -0.25) is 0 Å². The number of anilines is 1. The van der Waals surface area contributed by atoms with E-state index in [1.54, 1.807) is 7.11 Å². The predicted octanol–water partition coefficient (Wildman–Crippen LogP) is 4.58. The number of benzene rings is 2. The van der Waals surface area contributed by atoms with E-state index < -0.39 is 0 Å². The summed E-state index contributed by atoms with van der Waals surface area (Å²) < 4.78 is 7.49. The molecular formula is C21H25N3O. The highest BCUT2D eigenvalue weighted by atomic mass is 16.5. The first-order valence-corrected chi connectivity index (χ1v) is 8.61. The van der Waals surface area contributed by atoms with E-state index in [0.717, 1.165) is 29.4 Å². The lowest BCUT2D eigenvalue weighted by Crippen LogP contribution is -2.07. The maximum absolute atomic E-state index is 5.39. The van der Waals surface area contributed by atoms with Gasteiger partial charge in [0.2, 0.25) is 5.95 Å². The van der Waals surface area contributed by atoms with Crippen molar-refractivity contribution in [1.29, 1.82) is 0 Å². The molecule has 4 heteroatoms. The van der Waals surface area contributed by atoms with Gasteiger partial charge < -0.3 is 14.6 Å². The SMILES string of the molecule is CCc1ccc(-c2cnc(NCc3cccc(OC)c3C)n2C)cc1. The molecule has 0 bridgehead atoms. The van der Waals surface area contributed by atoms with Crippen molar-refractivity contribution < 1.29 is 4.74 Å². The second kappa shape index (κ2) is 7.43. The normalized spacial score (nSPS) is 10.7. The zero-order chi connectivity index (χ0) is 17.8. The van der Waals surface area contributed by atoms with E-state index in [9.17, 15) is 0 Å². The molecular weight excluding hydrogens is 310 g/mol. The van der Waals surface area contributed by atoms with Crippen molar-refractivity contribution in [2.75, 3.05) is 12.4 Å². The Hall–Kier alpha value is -2.75. The van der Waals surface area contributed by atoms with Crippen LogP contribution in [0.4, 0.5) is 5.95 Å². The third-order valence-corrected chi connectivity index (χ3v) is 4.70. The van der Waals surface area contributed by atoms with Gasteiger partial charge in [0.15, 0.2) is 0 Å². The minimum atomic E-state index is 0.710. The number of methoxy groups -OCH3 is 1. The van der Waals surface area contributed by atoms with Crippen LogP contribution in [-0.2, 0) is 20.0 Å². The quantitative estimate of drug-likeness (QED) is 0.717. The molecule has 130 valence electrons. The van der Waals surface area contributed by atoms with E-state index in [2.05, 4.69) is 59.0 Å². The summed E-state index contributed by atoms with van der Waals surface area (Å²) >= 11 is 0. The van der Waals surface area contributed by atoms with Crippen LogP contribution in [0, 0.1) is 6.92 Å². The van der Waals surface area contributed by atoms with Crippen LogP contribution in [-0.4, -0.2) is 16.7 Å². The van der Waals surface area contributed by atoms with Gasteiger partial charge in [0, 0.05) is 13.6 Å². The summed E-state index contributed by atoms with van der Waals surface area (Å²) in [4.78, 5) is 4.54. The number of nitrogens with one attached hydrogen (secondary N) is 1. The highest BCUT2D eigenvalue weighted by Crippen LogP contribution is 2.24. The lowest BCUT2D eigenvalue weighted by Gasteiger charge is -2.12. The van der Waals surface area contributed by atoms with E-state index >= 15 is 0 Å². The van der Waals surface area contributed by atoms with Gasteiger partial charge >= 0.3 is 0 Å². The van der Waals surface area contributed by atoms with Crippen molar-refractivity contribution in [3.63, 3.8) is 0 Å². The minimum Gasteiger partial charge on any atom is -0.496 e. The Labute approximate surface area is 149 Å². The Morgan fingerprint density at radius 2 is 1.88 bits per heavy atom. The molecule has 0 fully saturated rings. The molecule has 0 saturated carbocycles. The summed E-state index contributed by atoms with van der Waals surface area (Å²) in [7, 11) is 3.74. The van der Waals surface area contributed by atoms with Gasteiger partial charge in [0.1, 0.15) is 5.75 Å². The zero-order valence-corrected chi connectivity index (χ0v) is 15.3. The van der Waals surface area contributed by atoms with Crippen molar-refractivity contribution in [1.82, 2.24) is 9.55 Å². The number of ether oxygens (including phenoxy) is 1. The Balaban J connectivity index is 1.77. The third-order valence-electron chi connectivity index (χ3n) is 4.70. The molecule has 0 aliphatic heterocycles. The topological polar surface area (TPSA) is 39.1 Å². The molecule has 2 aromatic carbocycles. The molecule has 3 aromatic rings. The first-order valence-electron chi connectivity index (χ1n) is 8.61. The Bertz CT molecular complexity index is 850. The summed E-state index contributed by atoms with van der Waals surface area (Å²) in [5.41, 5.74) is 5.99. The second-order valence-electron chi connectivity index (χ2n) is 6.17. The molecule has 1 aromatic heterocycles. The largest absolute Gasteiger partial charge is 0.496 e. The molecule has 0 atom stereocenters. The van der Waals surface area contributed by atoms with Gasteiger partial charge in [-0.25, -0.2) is 4.98 Å². The van der Waals surface area contributed by atoms with Gasteiger partial charge in [-0.05, 0) is 41.7 Å². The van der Waals surface area contributed by atoms with E-state index in [0.29, 0.717) is 6.54 Å². The molecule has 1 heterocycles. The van der Waals surface area contributed by atoms with Crippen LogP contribution in [0.25, 0.3) is 11.3 Å². The number of aromatic nitrogens is 2. The van der Waals surface area contributed by atoms with Crippen molar-refractivity contribution in [2.45, 2.75) is 26.8 Å². The number of nitrogens with zero attached hydrogens (tertiary/aromatic N) is 2. The highest BCUT2D eigenvalue weighted by molar-refractivity contribution is 5.62. The van der Waals surface area contributed by atoms with Crippen LogP contribution in [0.5, 0.6) is 5.75 Å². The summed E-state index contributed by atoms with van der Waals surface area (Å²) in [5.74, 6) is 1.77. The summed E-state index contributed by atoms with van der Waals surface area (Å²) in [6.45, 7) is 4.96. The molecule has 0 amide bonds. The first-order chi connectivity index (χ1) is 12.1. The number of hydrogen-bond acceptors (Lipinski definition) is 3. The molecule has 0 unspecified atom stereocenters. The Morgan fingerprint density at radius 1 is 1.12 bits per heavy atom. The van der Waals surface area contributed by atoms with Crippen LogP contribution in [0.3, 0.4) is 0 Å². The van der Waals surface area contributed by atoms with Crippen LogP contribution < -0.4 is 10.1 Å².